The number of aliphatic hydroxyl groups is 1. The number of primary amides is 1. The first-order valence-corrected chi connectivity index (χ1v) is 14.1. The van der Waals surface area contributed by atoms with E-state index in [-0.39, 0.29) is 47.3 Å². The second-order valence-electron chi connectivity index (χ2n) is 10.9. The molecule has 5 N–H and O–H groups in total. The van der Waals surface area contributed by atoms with E-state index < -0.39 is 48.0 Å². The van der Waals surface area contributed by atoms with Crippen LogP contribution in [0.5, 0.6) is 0 Å². The summed E-state index contributed by atoms with van der Waals surface area (Å²) in [7, 11) is 2.95. The Bertz CT molecular complexity index is 1180. The Morgan fingerprint density at radius 1 is 1.14 bits per heavy atom. The summed E-state index contributed by atoms with van der Waals surface area (Å²) in [4.78, 5) is 50.8. The number of amides is 2. The van der Waals surface area contributed by atoms with Crippen molar-refractivity contribution in [3.63, 3.8) is 0 Å². The second-order valence-corrected chi connectivity index (χ2v) is 10.9. The number of allylic oxidation sites excluding steroid dienone is 4. The first kappa shape index (κ1) is 37.2. The van der Waals surface area contributed by atoms with Gasteiger partial charge in [-0.2, -0.15) is 0 Å². The highest BCUT2D eigenvalue weighted by Crippen LogP contribution is 2.27. The minimum absolute atomic E-state index is 0.0219. The van der Waals surface area contributed by atoms with Crippen molar-refractivity contribution in [3.8, 4) is 0 Å². The van der Waals surface area contributed by atoms with E-state index in [0.29, 0.717) is 12.0 Å². The van der Waals surface area contributed by atoms with Gasteiger partial charge in [0.2, 0.25) is 11.6 Å². The maximum absolute atomic E-state index is 13.6. The van der Waals surface area contributed by atoms with Gasteiger partial charge in [0.1, 0.15) is 6.10 Å². The zero-order valence-corrected chi connectivity index (χ0v) is 26.3. The lowest BCUT2D eigenvalue weighted by Crippen LogP contribution is -2.37. The normalized spacial score (nSPS) is 17.7. The molecule has 238 valence electrons. The predicted molar refractivity (Wildman–Crippen MR) is 164 cm³/mol. The summed E-state index contributed by atoms with van der Waals surface area (Å²) in [6, 6.07) is 0. The van der Waals surface area contributed by atoms with Crippen LogP contribution in [0.3, 0.4) is 0 Å². The van der Waals surface area contributed by atoms with Gasteiger partial charge in [0.05, 0.1) is 23.6 Å². The second kappa shape index (κ2) is 18.0. The number of nitrogens with one attached hydrogen (secondary N) is 2. The SMILES string of the molecule is C=CCNC1=C(C[C@@H](C)C[C@H](OC)[C@H](O)C(C)C)C(=O)C(NC(=O)/C(C)=C/C=C\[C@H](OC)[C@@H](OC(N)=O)C(=C)C)=CC1=O. The van der Waals surface area contributed by atoms with Gasteiger partial charge in [0.15, 0.2) is 6.10 Å². The average Bonchev–Trinajstić information content (AvgIpc) is 2.94. The molecule has 0 aromatic carbocycles. The Balaban J connectivity index is 3.15. The van der Waals surface area contributed by atoms with E-state index in [1.807, 2.05) is 20.8 Å². The Hall–Kier alpha value is -3.80. The molecule has 11 heteroatoms. The summed E-state index contributed by atoms with van der Waals surface area (Å²) in [6.45, 7) is 16.6. The predicted octanol–water partition coefficient (Wildman–Crippen LogP) is 3.17. The van der Waals surface area contributed by atoms with Crippen molar-refractivity contribution in [2.75, 3.05) is 20.8 Å². The van der Waals surface area contributed by atoms with Crippen molar-refractivity contribution in [3.05, 3.63) is 71.7 Å². The average molecular weight is 602 g/mol. The third kappa shape index (κ3) is 11.4. The molecule has 1 aliphatic carbocycles. The molecule has 1 rings (SSSR count). The molecular weight excluding hydrogens is 554 g/mol. The van der Waals surface area contributed by atoms with Gasteiger partial charge in [-0.15, -0.1) is 6.58 Å². The standard InChI is InChI=1S/C32H47N3O8/c1-10-14-34-27-22(15-20(6)16-26(42-9)28(37)18(2)3)29(38)23(17-24(27)36)35-31(39)21(7)12-11-13-25(41-8)30(19(4)5)43-32(33)40/h10-13,17-18,20,25-26,28,30,34,37H,1,4,14-16H2,2-3,5-9H3,(H2,33,40)(H,35,39)/b13-11-,21-12+/t20-,25+,26+,28-,30+/m1/s1. The van der Waals surface area contributed by atoms with Crippen LogP contribution < -0.4 is 16.4 Å². The first-order valence-electron chi connectivity index (χ1n) is 14.1. The van der Waals surface area contributed by atoms with E-state index >= 15 is 0 Å². The molecule has 0 aliphatic heterocycles. The van der Waals surface area contributed by atoms with Gasteiger partial charge in [-0.1, -0.05) is 51.7 Å². The van der Waals surface area contributed by atoms with Crippen LogP contribution in [0.4, 0.5) is 4.79 Å². The van der Waals surface area contributed by atoms with E-state index in [4.69, 9.17) is 19.9 Å². The van der Waals surface area contributed by atoms with Crippen LogP contribution in [0.15, 0.2) is 71.7 Å². The lowest BCUT2D eigenvalue weighted by molar-refractivity contribution is -0.120. The molecule has 5 atom stereocenters. The number of hydrogen-bond acceptors (Lipinski definition) is 9. The Kier molecular flexibility index (Phi) is 15.6. The fraction of sp³-hybridized carbons (Fsp3) is 0.500. The first-order chi connectivity index (χ1) is 20.2. The summed E-state index contributed by atoms with van der Waals surface area (Å²) in [5.41, 5.74) is 6.12. The number of hydrogen-bond donors (Lipinski definition) is 4. The quantitative estimate of drug-likeness (QED) is 0.0799. The third-order valence-electron chi connectivity index (χ3n) is 6.87. The van der Waals surface area contributed by atoms with Gasteiger partial charge in [0, 0.05) is 38.0 Å². The van der Waals surface area contributed by atoms with Crippen LogP contribution in [-0.4, -0.2) is 73.9 Å². The number of methoxy groups -OCH3 is 2. The number of nitrogens with two attached hydrogens (primary N) is 1. The summed E-state index contributed by atoms with van der Waals surface area (Å²) in [5, 5.41) is 16.0. The van der Waals surface area contributed by atoms with Crippen LogP contribution in [0.25, 0.3) is 0 Å². The molecule has 0 bridgehead atoms. The number of carbonyl (C=O) groups excluding carboxylic acids is 4. The Morgan fingerprint density at radius 3 is 2.30 bits per heavy atom. The summed E-state index contributed by atoms with van der Waals surface area (Å²) in [5.74, 6) is -1.69. The molecule has 0 spiro atoms. The molecule has 11 nitrogen and oxygen atoms in total. The summed E-state index contributed by atoms with van der Waals surface area (Å²) >= 11 is 0. The number of ether oxygens (including phenoxy) is 3. The van der Waals surface area contributed by atoms with Crippen molar-refractivity contribution in [2.45, 2.75) is 71.9 Å². The zero-order chi connectivity index (χ0) is 32.9. The molecule has 0 radical (unpaired) electrons. The summed E-state index contributed by atoms with van der Waals surface area (Å²) in [6.07, 6.45) is 4.26. The van der Waals surface area contributed by atoms with Crippen LogP contribution in [-0.2, 0) is 28.6 Å². The van der Waals surface area contributed by atoms with Gasteiger partial charge in [-0.05, 0) is 44.1 Å². The van der Waals surface area contributed by atoms with Crippen molar-refractivity contribution in [2.24, 2.45) is 17.6 Å². The molecule has 0 saturated heterocycles. The fourth-order valence-corrected chi connectivity index (χ4v) is 4.46. The van der Waals surface area contributed by atoms with Crippen molar-refractivity contribution < 1.29 is 38.5 Å². The molecule has 0 fully saturated rings. The molecule has 0 unspecified atom stereocenters. The number of aliphatic hydroxyl groups excluding tert-OH is 1. The molecule has 0 aromatic heterocycles. The van der Waals surface area contributed by atoms with Crippen molar-refractivity contribution in [1.29, 1.82) is 0 Å². The minimum atomic E-state index is -0.980. The van der Waals surface area contributed by atoms with Crippen LogP contribution in [0.1, 0.15) is 47.5 Å². The highest BCUT2D eigenvalue weighted by atomic mass is 16.6. The maximum atomic E-state index is 13.6. The smallest absolute Gasteiger partial charge is 0.405 e. The molecule has 43 heavy (non-hydrogen) atoms. The highest BCUT2D eigenvalue weighted by Gasteiger charge is 2.32. The maximum Gasteiger partial charge on any atom is 0.405 e. The Labute approximate surface area is 254 Å². The van der Waals surface area contributed by atoms with Crippen LogP contribution >= 0.6 is 0 Å². The lowest BCUT2D eigenvalue weighted by Gasteiger charge is -2.28. The van der Waals surface area contributed by atoms with E-state index in [1.54, 1.807) is 19.1 Å². The highest BCUT2D eigenvalue weighted by molar-refractivity contribution is 6.23. The molecule has 0 aromatic rings. The van der Waals surface area contributed by atoms with Crippen molar-refractivity contribution in [1.82, 2.24) is 10.6 Å². The lowest BCUT2D eigenvalue weighted by atomic mass is 9.85. The van der Waals surface area contributed by atoms with Gasteiger partial charge < -0.3 is 35.7 Å². The van der Waals surface area contributed by atoms with Gasteiger partial charge in [0.25, 0.3) is 5.91 Å². The topological polar surface area (TPSA) is 166 Å². The minimum Gasteiger partial charge on any atom is -0.439 e. The van der Waals surface area contributed by atoms with E-state index in [1.165, 1.54) is 33.3 Å². The van der Waals surface area contributed by atoms with Crippen LogP contribution in [0, 0.1) is 11.8 Å². The Morgan fingerprint density at radius 2 is 1.79 bits per heavy atom. The molecule has 0 heterocycles. The van der Waals surface area contributed by atoms with Gasteiger partial charge >= 0.3 is 6.09 Å². The fourth-order valence-electron chi connectivity index (χ4n) is 4.46. The zero-order valence-electron chi connectivity index (χ0n) is 26.3. The number of ketones is 2. The third-order valence-corrected chi connectivity index (χ3v) is 6.87. The number of Topliss-reactive ketones (excluding diaryl/α,β-unsaturated/α-hetero) is 1. The number of rotatable bonds is 18. The summed E-state index contributed by atoms with van der Waals surface area (Å²) < 4.78 is 15.9. The molecule has 2 amide bonds. The van der Waals surface area contributed by atoms with Gasteiger partial charge in [-0.3, -0.25) is 14.4 Å². The molecule has 1 aliphatic rings. The molecular formula is C32H47N3O8. The van der Waals surface area contributed by atoms with E-state index in [2.05, 4.69) is 23.8 Å². The van der Waals surface area contributed by atoms with Crippen LogP contribution in [0.2, 0.25) is 0 Å². The van der Waals surface area contributed by atoms with Crippen molar-refractivity contribution >= 4 is 23.6 Å². The monoisotopic (exact) mass is 601 g/mol. The van der Waals surface area contributed by atoms with E-state index in [9.17, 15) is 24.3 Å². The molecule has 0 saturated carbocycles. The number of carbonyl (C=O) groups is 4. The van der Waals surface area contributed by atoms with E-state index in [0.717, 1.165) is 6.08 Å². The largest absolute Gasteiger partial charge is 0.439 e. The van der Waals surface area contributed by atoms with Gasteiger partial charge in [-0.25, -0.2) is 4.79 Å².